The first-order valence-electron chi connectivity index (χ1n) is 20.4. The van der Waals surface area contributed by atoms with Gasteiger partial charge in [-0.2, -0.15) is 52.7 Å². The molecule has 2 aromatic heterocycles. The minimum absolute atomic E-state index is 0.195. The molecule has 6 aromatic rings. The predicted octanol–water partition coefficient (Wildman–Crippen LogP) is 16.2. The van der Waals surface area contributed by atoms with Crippen LogP contribution in [0.25, 0.3) is 11.1 Å². The molecule has 16 heteroatoms. The van der Waals surface area contributed by atoms with E-state index in [4.69, 9.17) is 0 Å². The minimum Gasteiger partial charge on any atom is -0.194 e. The zero-order valence-corrected chi connectivity index (χ0v) is 37.1. The number of allylic oxidation sites excluding steroid dienone is 6. The Hall–Kier alpha value is -5.16. The summed E-state index contributed by atoms with van der Waals surface area (Å²) in [6, 6.07) is 37.8. The van der Waals surface area contributed by atoms with Gasteiger partial charge < -0.3 is 0 Å². The standard InChI is InChI=1S/C26H14F6S2.C25H14F6S2/c27-24(28)19-17-11-13-33-21(17)23(15-7-3-1-4-8-15,16-9-5-2-6-10-16)22-18(12-14-34-22)20(19)25(29,30)26(24,31)32;26-23(27)19-17-11-13-32-21(17,15-7-3-1-4-8-15)22(16-9-5-2-6-10-16)18(12-14-33-22)20(19)24(28,29)25(23,30)31/h1-14H;1-14H. The predicted molar refractivity (Wildman–Crippen MR) is 241 cm³/mol. The van der Waals surface area contributed by atoms with Crippen LogP contribution in [0, 0.1) is 0 Å². The Kier molecular flexibility index (Phi) is 9.56. The Bertz CT molecular complexity index is 2940. The lowest BCUT2D eigenvalue weighted by molar-refractivity contribution is -0.258. The summed E-state index contributed by atoms with van der Waals surface area (Å²) in [5.74, 6) is -31.3. The number of hydrogen-bond acceptors (Lipinski definition) is 4. The van der Waals surface area contributed by atoms with E-state index in [2.05, 4.69) is 0 Å². The summed E-state index contributed by atoms with van der Waals surface area (Å²) >= 11 is 4.58. The first kappa shape index (κ1) is 44.4. The molecule has 0 spiro atoms. The molecule has 12 rings (SSSR count). The largest absolute Gasteiger partial charge is 0.380 e. The Labute approximate surface area is 391 Å². The molecule has 1 fully saturated rings. The van der Waals surface area contributed by atoms with E-state index in [1.807, 2.05) is 0 Å². The summed E-state index contributed by atoms with van der Waals surface area (Å²) in [4.78, 5) is 0.624. The van der Waals surface area contributed by atoms with Crippen molar-refractivity contribution in [2.45, 2.75) is 50.4 Å². The van der Waals surface area contributed by atoms with Crippen LogP contribution < -0.4 is 0 Å². The molecular weight excluding hydrogens is 969 g/mol. The second-order valence-corrected chi connectivity index (χ2v) is 20.6. The number of rotatable bonds is 4. The third-order valence-corrected chi connectivity index (χ3v) is 18.4. The highest BCUT2D eigenvalue weighted by atomic mass is 32.2. The first-order valence-corrected chi connectivity index (χ1v) is 23.9. The van der Waals surface area contributed by atoms with Crippen molar-refractivity contribution in [3.05, 3.63) is 233 Å². The van der Waals surface area contributed by atoms with Gasteiger partial charge in [0, 0.05) is 32.0 Å². The molecule has 4 heterocycles. The van der Waals surface area contributed by atoms with Crippen LogP contribution in [0.3, 0.4) is 0 Å². The highest BCUT2D eigenvalue weighted by Gasteiger charge is 2.85. The average molecular weight is 997 g/mol. The summed E-state index contributed by atoms with van der Waals surface area (Å²) in [5, 5.41) is 6.09. The molecular formula is C51H28F12S4. The van der Waals surface area contributed by atoms with Crippen molar-refractivity contribution in [1.29, 1.82) is 0 Å². The van der Waals surface area contributed by atoms with Gasteiger partial charge in [-0.25, -0.2) is 0 Å². The Morgan fingerprint density at radius 3 is 0.955 bits per heavy atom. The Morgan fingerprint density at radius 2 is 0.627 bits per heavy atom. The molecule has 67 heavy (non-hydrogen) atoms. The fraction of sp³-hybridized carbons (Fsp3) is 0.176. The number of thioether (sulfide) groups is 2. The molecule has 2 aliphatic heterocycles. The number of alkyl halides is 12. The van der Waals surface area contributed by atoms with Crippen LogP contribution in [0.5, 0.6) is 0 Å². The molecule has 6 aliphatic rings. The zero-order chi connectivity index (χ0) is 47.2. The molecule has 340 valence electrons. The van der Waals surface area contributed by atoms with Crippen molar-refractivity contribution in [3.63, 3.8) is 0 Å². The van der Waals surface area contributed by atoms with Gasteiger partial charge in [-0.05, 0) is 78.2 Å². The molecule has 0 saturated heterocycles. The van der Waals surface area contributed by atoms with Gasteiger partial charge in [-0.15, -0.1) is 46.2 Å². The maximum Gasteiger partial charge on any atom is 0.380 e. The summed E-state index contributed by atoms with van der Waals surface area (Å²) in [7, 11) is 0. The fourth-order valence-electron chi connectivity index (χ4n) is 10.7. The van der Waals surface area contributed by atoms with Crippen LogP contribution in [-0.4, -0.2) is 35.5 Å². The van der Waals surface area contributed by atoms with Crippen molar-refractivity contribution in [3.8, 4) is 0 Å². The van der Waals surface area contributed by atoms with E-state index < -0.39 is 72.7 Å². The van der Waals surface area contributed by atoms with Crippen LogP contribution >= 0.6 is 46.2 Å². The molecule has 0 N–H and O–H groups in total. The molecule has 1 saturated carbocycles. The van der Waals surface area contributed by atoms with Crippen LogP contribution in [0.1, 0.15) is 43.1 Å². The van der Waals surface area contributed by atoms with E-state index in [1.165, 1.54) is 58.6 Å². The summed E-state index contributed by atoms with van der Waals surface area (Å²) < 4.78 is 178. The molecule has 0 amide bonds. The maximum atomic E-state index is 15.3. The van der Waals surface area contributed by atoms with Crippen LogP contribution in [0.4, 0.5) is 52.7 Å². The molecule has 0 bridgehead atoms. The minimum atomic E-state index is -5.55. The van der Waals surface area contributed by atoms with Gasteiger partial charge in [-0.1, -0.05) is 133 Å². The molecule has 0 nitrogen and oxygen atoms in total. The highest BCUT2D eigenvalue weighted by Crippen LogP contribution is 2.78. The average Bonchev–Trinajstić information content (AvgIpc) is 4.18. The second-order valence-electron chi connectivity index (χ2n) is 16.5. The van der Waals surface area contributed by atoms with Gasteiger partial charge in [0.15, 0.2) is 0 Å². The van der Waals surface area contributed by atoms with E-state index in [1.54, 1.807) is 132 Å². The lowest BCUT2D eigenvalue weighted by atomic mass is 9.65. The molecule has 4 aromatic carbocycles. The summed E-state index contributed by atoms with van der Waals surface area (Å²) in [5.41, 5.74) is -4.73. The summed E-state index contributed by atoms with van der Waals surface area (Å²) in [6.07, 6.45) is 2.61. The zero-order valence-electron chi connectivity index (χ0n) is 33.8. The topological polar surface area (TPSA) is 0 Å². The van der Waals surface area contributed by atoms with Gasteiger partial charge in [-0.3, -0.25) is 0 Å². The van der Waals surface area contributed by atoms with Gasteiger partial charge >= 0.3 is 35.5 Å². The lowest BCUT2D eigenvalue weighted by Gasteiger charge is -2.51. The normalized spacial score (nSPS) is 26.4. The molecule has 4 aliphatic carbocycles. The monoisotopic (exact) mass is 996 g/mol. The number of fused-ring (bicyclic) bond motifs is 8. The van der Waals surface area contributed by atoms with Crippen molar-refractivity contribution in [1.82, 2.24) is 0 Å². The number of hydrogen-bond donors (Lipinski definition) is 0. The third kappa shape index (κ3) is 5.17. The van der Waals surface area contributed by atoms with Crippen molar-refractivity contribution >= 4 is 57.3 Å². The maximum absolute atomic E-state index is 15.3. The number of benzene rings is 4. The van der Waals surface area contributed by atoms with Gasteiger partial charge in [0.25, 0.3) is 0 Å². The van der Waals surface area contributed by atoms with Crippen LogP contribution in [0.15, 0.2) is 189 Å². The van der Waals surface area contributed by atoms with E-state index in [-0.39, 0.29) is 22.3 Å². The van der Waals surface area contributed by atoms with E-state index in [0.717, 1.165) is 22.7 Å². The molecule has 2 atom stereocenters. The van der Waals surface area contributed by atoms with Crippen molar-refractivity contribution in [2.24, 2.45) is 0 Å². The quantitative estimate of drug-likeness (QED) is 0.161. The van der Waals surface area contributed by atoms with Crippen LogP contribution in [-0.2, 0) is 14.9 Å². The summed E-state index contributed by atoms with van der Waals surface area (Å²) in [6.45, 7) is 0. The Morgan fingerprint density at radius 1 is 0.328 bits per heavy atom. The van der Waals surface area contributed by atoms with Crippen LogP contribution in [0.2, 0.25) is 0 Å². The van der Waals surface area contributed by atoms with Gasteiger partial charge in [0.2, 0.25) is 0 Å². The molecule has 2 unspecified atom stereocenters. The second kappa shape index (κ2) is 14.4. The van der Waals surface area contributed by atoms with Gasteiger partial charge in [0.05, 0.1) is 14.9 Å². The highest BCUT2D eigenvalue weighted by molar-refractivity contribution is 8.07. The van der Waals surface area contributed by atoms with E-state index in [0.29, 0.717) is 32.0 Å². The van der Waals surface area contributed by atoms with E-state index in [9.17, 15) is 17.6 Å². The lowest BCUT2D eigenvalue weighted by Crippen LogP contribution is -2.49. The number of thiophene rings is 2. The fourth-order valence-corrected chi connectivity index (χ4v) is 16.1. The first-order chi connectivity index (χ1) is 31.8. The van der Waals surface area contributed by atoms with Crippen molar-refractivity contribution in [2.75, 3.05) is 0 Å². The third-order valence-electron chi connectivity index (χ3n) is 13.4. The SMILES string of the molecule is FC1(F)C2=C(c3ccsc3C(c3ccccc3)(c3ccccc3)c3sccc32)C(F)(F)C1(F)F.FC1(F)C2=C3C=CSC3(c3ccccc3)C3(c4ccccc4)SC=CC3=C2C(F)(F)C1(F)F. The van der Waals surface area contributed by atoms with E-state index >= 15 is 35.1 Å². The smallest absolute Gasteiger partial charge is 0.194 e. The number of halogens is 12. The van der Waals surface area contributed by atoms with Gasteiger partial charge in [0.1, 0.15) is 0 Å². The van der Waals surface area contributed by atoms with Crippen molar-refractivity contribution < 1.29 is 52.7 Å². The molecule has 0 radical (unpaired) electrons. The Balaban J connectivity index is 0.000000148.